The Labute approximate surface area is 223 Å². The van der Waals surface area contributed by atoms with E-state index in [1.54, 1.807) is 0 Å². The van der Waals surface area contributed by atoms with Crippen LogP contribution < -0.4 is 0 Å². The molecular formula is C28H24Cl2N6O. The van der Waals surface area contributed by atoms with Crippen molar-refractivity contribution in [3.63, 3.8) is 0 Å². The van der Waals surface area contributed by atoms with Crippen molar-refractivity contribution in [2.45, 2.75) is 24.7 Å². The zero-order chi connectivity index (χ0) is 25.4. The summed E-state index contributed by atoms with van der Waals surface area (Å²) in [7, 11) is 0. The molecule has 3 aromatic carbocycles. The fraction of sp³-hybridized carbons (Fsp3) is 0.214. The second-order valence-electron chi connectivity index (χ2n) is 9.35. The predicted molar refractivity (Wildman–Crippen MR) is 144 cm³/mol. The number of benzene rings is 3. The summed E-state index contributed by atoms with van der Waals surface area (Å²) in [6.45, 7) is 1.31. The highest BCUT2D eigenvalue weighted by Crippen LogP contribution is 2.37. The van der Waals surface area contributed by atoms with E-state index < -0.39 is 0 Å². The van der Waals surface area contributed by atoms with E-state index in [2.05, 4.69) is 67.8 Å². The SMILES string of the molecule is O=C(c1ncn[nH]1)N1CCC(c2[nH]nc3ccc(C(c4ccc(Cl)cc4)c4ccc(Cl)cc4)cc23)CC1. The lowest BCUT2D eigenvalue weighted by Crippen LogP contribution is -2.38. The van der Waals surface area contributed by atoms with Gasteiger partial charge in [0.05, 0.1) is 5.52 Å². The van der Waals surface area contributed by atoms with Gasteiger partial charge in [-0.1, -0.05) is 53.5 Å². The Hall–Kier alpha value is -3.68. The maximum Gasteiger partial charge on any atom is 0.291 e. The molecule has 1 aliphatic rings. The summed E-state index contributed by atoms with van der Waals surface area (Å²) in [4.78, 5) is 18.5. The normalized spacial score (nSPS) is 14.5. The fourth-order valence-electron chi connectivity index (χ4n) is 5.26. The number of aromatic nitrogens is 5. The molecular weight excluding hydrogens is 507 g/mol. The van der Waals surface area contributed by atoms with Gasteiger partial charge in [0.25, 0.3) is 5.91 Å². The third-order valence-electron chi connectivity index (χ3n) is 7.16. The van der Waals surface area contributed by atoms with Crippen LogP contribution in [0.15, 0.2) is 73.1 Å². The lowest BCUT2D eigenvalue weighted by atomic mass is 9.84. The van der Waals surface area contributed by atoms with Gasteiger partial charge in [0.15, 0.2) is 0 Å². The van der Waals surface area contributed by atoms with Gasteiger partial charge in [0.1, 0.15) is 6.33 Å². The van der Waals surface area contributed by atoms with Crippen LogP contribution in [0.4, 0.5) is 0 Å². The Kier molecular flexibility index (Phi) is 6.40. The molecule has 186 valence electrons. The minimum Gasteiger partial charge on any atom is -0.336 e. The standard InChI is InChI=1S/C28H24Cl2N6O/c29-21-6-1-17(2-7-21)25(18-3-8-22(30)9-4-18)20-5-10-24-23(15-20)26(34-33-24)19-11-13-36(14-12-19)28(37)27-31-16-32-35-27/h1-10,15-16,19,25H,11-14H2,(H,33,34)(H,31,32,35). The summed E-state index contributed by atoms with van der Waals surface area (Å²) in [6, 6.07) is 22.5. The first-order valence-electron chi connectivity index (χ1n) is 12.2. The van der Waals surface area contributed by atoms with E-state index in [9.17, 15) is 4.79 Å². The predicted octanol–water partition coefficient (Wildman–Crippen LogP) is 6.19. The molecule has 0 atom stereocenters. The zero-order valence-electron chi connectivity index (χ0n) is 19.9. The number of aromatic amines is 2. The molecule has 37 heavy (non-hydrogen) atoms. The number of hydrogen-bond acceptors (Lipinski definition) is 4. The van der Waals surface area contributed by atoms with Crippen LogP contribution in [-0.4, -0.2) is 49.3 Å². The Morgan fingerprint density at radius 3 is 2.08 bits per heavy atom. The number of likely N-dealkylation sites (tertiary alicyclic amines) is 1. The monoisotopic (exact) mass is 530 g/mol. The second kappa shape index (κ2) is 10.00. The molecule has 0 unspecified atom stereocenters. The molecule has 0 aliphatic carbocycles. The van der Waals surface area contributed by atoms with E-state index in [4.69, 9.17) is 23.2 Å². The van der Waals surface area contributed by atoms with Crippen molar-refractivity contribution in [2.24, 2.45) is 0 Å². The highest BCUT2D eigenvalue weighted by atomic mass is 35.5. The number of rotatable bonds is 5. The fourth-order valence-corrected chi connectivity index (χ4v) is 5.51. The maximum atomic E-state index is 12.7. The minimum atomic E-state index is -0.110. The number of amides is 1. The number of nitrogens with zero attached hydrogens (tertiary/aromatic N) is 4. The summed E-state index contributed by atoms with van der Waals surface area (Å²) in [5.74, 6) is 0.471. The van der Waals surface area contributed by atoms with Crippen LogP contribution in [0.1, 0.15) is 57.7 Å². The maximum absolute atomic E-state index is 12.7. The van der Waals surface area contributed by atoms with Crippen molar-refractivity contribution in [3.8, 4) is 0 Å². The zero-order valence-corrected chi connectivity index (χ0v) is 21.4. The summed E-state index contributed by atoms with van der Waals surface area (Å²) in [5, 5.41) is 16.9. The van der Waals surface area contributed by atoms with Crippen molar-refractivity contribution < 1.29 is 4.79 Å². The molecule has 1 aliphatic heterocycles. The molecule has 9 heteroatoms. The molecule has 1 fully saturated rings. The summed E-state index contributed by atoms with van der Waals surface area (Å²) >= 11 is 12.4. The first-order valence-corrected chi connectivity index (χ1v) is 13.0. The molecule has 2 aromatic heterocycles. The van der Waals surface area contributed by atoms with Gasteiger partial charge in [-0.3, -0.25) is 15.0 Å². The van der Waals surface area contributed by atoms with Crippen molar-refractivity contribution in [2.75, 3.05) is 13.1 Å². The number of carbonyl (C=O) groups excluding carboxylic acids is 1. The molecule has 6 rings (SSSR count). The van der Waals surface area contributed by atoms with E-state index in [0.717, 1.165) is 46.1 Å². The molecule has 5 aromatic rings. The van der Waals surface area contributed by atoms with Crippen LogP contribution >= 0.6 is 23.2 Å². The highest BCUT2D eigenvalue weighted by molar-refractivity contribution is 6.30. The Bertz CT molecular complexity index is 1480. The lowest BCUT2D eigenvalue weighted by molar-refractivity contribution is 0.0700. The molecule has 2 N–H and O–H groups in total. The molecule has 0 radical (unpaired) electrons. The topological polar surface area (TPSA) is 90.6 Å². The van der Waals surface area contributed by atoms with E-state index in [0.29, 0.717) is 23.1 Å². The Morgan fingerprint density at radius 1 is 0.865 bits per heavy atom. The van der Waals surface area contributed by atoms with Gasteiger partial charge >= 0.3 is 0 Å². The number of H-pyrrole nitrogens is 2. The average molecular weight is 531 g/mol. The number of halogens is 2. The first kappa shape index (κ1) is 23.7. The van der Waals surface area contributed by atoms with Crippen molar-refractivity contribution in [3.05, 3.63) is 111 Å². The van der Waals surface area contributed by atoms with E-state index in [1.165, 1.54) is 6.33 Å². The number of carbonyl (C=O) groups is 1. The molecule has 0 bridgehead atoms. The van der Waals surface area contributed by atoms with Crippen LogP contribution in [0.25, 0.3) is 10.9 Å². The number of fused-ring (bicyclic) bond motifs is 1. The van der Waals surface area contributed by atoms with Crippen LogP contribution in [0, 0.1) is 0 Å². The van der Waals surface area contributed by atoms with Gasteiger partial charge in [-0.25, -0.2) is 4.98 Å². The van der Waals surface area contributed by atoms with Gasteiger partial charge < -0.3 is 4.90 Å². The van der Waals surface area contributed by atoms with Gasteiger partial charge in [0.2, 0.25) is 5.82 Å². The van der Waals surface area contributed by atoms with Crippen molar-refractivity contribution >= 4 is 40.0 Å². The highest BCUT2D eigenvalue weighted by Gasteiger charge is 2.28. The number of nitrogens with one attached hydrogen (secondary N) is 2. The third-order valence-corrected chi connectivity index (χ3v) is 7.66. The number of piperidine rings is 1. The largest absolute Gasteiger partial charge is 0.336 e. The van der Waals surface area contributed by atoms with E-state index in [-0.39, 0.29) is 23.6 Å². The van der Waals surface area contributed by atoms with Gasteiger partial charge in [0, 0.05) is 46.1 Å². The van der Waals surface area contributed by atoms with Gasteiger partial charge in [-0.05, 0) is 65.9 Å². The molecule has 7 nitrogen and oxygen atoms in total. The number of hydrogen-bond donors (Lipinski definition) is 2. The Balaban J connectivity index is 1.31. The lowest BCUT2D eigenvalue weighted by Gasteiger charge is -2.31. The van der Waals surface area contributed by atoms with Gasteiger partial charge in [-0.15, -0.1) is 0 Å². The summed E-state index contributed by atoms with van der Waals surface area (Å²) in [6.07, 6.45) is 3.05. The van der Waals surface area contributed by atoms with Gasteiger partial charge in [-0.2, -0.15) is 10.2 Å². The third kappa shape index (κ3) is 4.72. The molecule has 3 heterocycles. The van der Waals surface area contributed by atoms with Crippen LogP contribution in [-0.2, 0) is 0 Å². The first-order chi connectivity index (χ1) is 18.1. The Morgan fingerprint density at radius 2 is 1.49 bits per heavy atom. The van der Waals surface area contributed by atoms with Crippen LogP contribution in [0.3, 0.4) is 0 Å². The summed E-state index contributed by atoms with van der Waals surface area (Å²) < 4.78 is 0. The van der Waals surface area contributed by atoms with E-state index >= 15 is 0 Å². The van der Waals surface area contributed by atoms with Crippen molar-refractivity contribution in [1.82, 2.24) is 30.3 Å². The minimum absolute atomic E-state index is 0.0167. The quantitative estimate of drug-likeness (QED) is 0.265. The molecule has 0 spiro atoms. The van der Waals surface area contributed by atoms with Crippen molar-refractivity contribution in [1.29, 1.82) is 0 Å². The second-order valence-corrected chi connectivity index (χ2v) is 10.2. The van der Waals surface area contributed by atoms with Crippen LogP contribution in [0.2, 0.25) is 10.0 Å². The molecule has 1 amide bonds. The molecule has 0 saturated carbocycles. The van der Waals surface area contributed by atoms with Crippen LogP contribution in [0.5, 0.6) is 0 Å². The summed E-state index contributed by atoms with van der Waals surface area (Å²) in [5.41, 5.74) is 5.52. The average Bonchev–Trinajstić information content (AvgIpc) is 3.61. The van der Waals surface area contributed by atoms with E-state index in [1.807, 2.05) is 29.2 Å². The molecule has 1 saturated heterocycles. The smallest absolute Gasteiger partial charge is 0.291 e.